The molecule has 5 nitrogen and oxygen atoms in total. The molecule has 0 unspecified atom stereocenters. The minimum absolute atomic E-state index is 0.266. The number of amides is 1. The van der Waals surface area contributed by atoms with E-state index in [9.17, 15) is 9.18 Å². The summed E-state index contributed by atoms with van der Waals surface area (Å²) < 4.78 is 14.5. The van der Waals surface area contributed by atoms with Crippen LogP contribution < -0.4 is 5.32 Å². The number of hydrogen-bond acceptors (Lipinski definition) is 3. The number of nitrogens with zero attached hydrogens (tertiary/aromatic N) is 3. The lowest BCUT2D eigenvalue weighted by atomic mass is 10.1. The molecular formula is C18H17FN4O. The molecule has 0 spiro atoms. The van der Waals surface area contributed by atoms with Gasteiger partial charge in [0.25, 0.3) is 5.91 Å². The fourth-order valence-corrected chi connectivity index (χ4v) is 2.31. The van der Waals surface area contributed by atoms with Gasteiger partial charge in [-0.25, -0.2) is 9.07 Å². The number of rotatable bonds is 6. The van der Waals surface area contributed by atoms with Gasteiger partial charge in [-0.3, -0.25) is 4.79 Å². The number of benzene rings is 2. The number of halogens is 1. The SMILES string of the molecule is O=C(NCCc1ccc(F)cc1)c1cn(Cc2ccccc2)nn1. The summed E-state index contributed by atoms with van der Waals surface area (Å²) in [6.45, 7) is 1.02. The van der Waals surface area contributed by atoms with Crippen LogP contribution in [0.25, 0.3) is 0 Å². The molecule has 0 bridgehead atoms. The van der Waals surface area contributed by atoms with Crippen LogP contribution in [0.2, 0.25) is 0 Å². The van der Waals surface area contributed by atoms with Gasteiger partial charge in [-0.15, -0.1) is 5.10 Å². The van der Waals surface area contributed by atoms with Crippen molar-refractivity contribution in [2.75, 3.05) is 6.54 Å². The van der Waals surface area contributed by atoms with Crippen molar-refractivity contribution in [3.05, 3.63) is 83.4 Å². The number of aromatic nitrogens is 3. The minimum Gasteiger partial charge on any atom is -0.350 e. The summed E-state index contributed by atoms with van der Waals surface area (Å²) in [6, 6.07) is 16.1. The van der Waals surface area contributed by atoms with Gasteiger partial charge in [0.05, 0.1) is 12.7 Å². The van der Waals surface area contributed by atoms with Crippen molar-refractivity contribution in [1.29, 1.82) is 0 Å². The van der Waals surface area contributed by atoms with Gasteiger partial charge in [-0.05, 0) is 29.7 Å². The molecule has 24 heavy (non-hydrogen) atoms. The van der Waals surface area contributed by atoms with Crippen LogP contribution in [-0.2, 0) is 13.0 Å². The van der Waals surface area contributed by atoms with Crippen molar-refractivity contribution in [3.8, 4) is 0 Å². The molecule has 122 valence electrons. The smallest absolute Gasteiger partial charge is 0.273 e. The lowest BCUT2D eigenvalue weighted by Crippen LogP contribution is -2.26. The Morgan fingerprint density at radius 3 is 2.54 bits per heavy atom. The first-order valence-electron chi connectivity index (χ1n) is 7.67. The molecule has 1 aromatic heterocycles. The van der Waals surface area contributed by atoms with Crippen LogP contribution >= 0.6 is 0 Å². The highest BCUT2D eigenvalue weighted by molar-refractivity contribution is 5.91. The van der Waals surface area contributed by atoms with E-state index >= 15 is 0 Å². The molecule has 0 atom stereocenters. The third-order valence-electron chi connectivity index (χ3n) is 3.57. The van der Waals surface area contributed by atoms with Crippen molar-refractivity contribution in [3.63, 3.8) is 0 Å². The normalized spacial score (nSPS) is 10.5. The molecule has 1 amide bonds. The number of carbonyl (C=O) groups excluding carboxylic acids is 1. The largest absolute Gasteiger partial charge is 0.350 e. The summed E-state index contributed by atoms with van der Waals surface area (Å²) in [5, 5.41) is 10.7. The fourth-order valence-electron chi connectivity index (χ4n) is 2.31. The van der Waals surface area contributed by atoms with E-state index < -0.39 is 0 Å². The van der Waals surface area contributed by atoms with Crippen LogP contribution in [0, 0.1) is 5.82 Å². The van der Waals surface area contributed by atoms with E-state index in [-0.39, 0.29) is 17.4 Å². The Hall–Kier alpha value is -3.02. The highest BCUT2D eigenvalue weighted by Crippen LogP contribution is 2.04. The summed E-state index contributed by atoms with van der Waals surface area (Å²) in [4.78, 5) is 12.1. The van der Waals surface area contributed by atoms with Gasteiger partial charge in [0.1, 0.15) is 5.82 Å². The second-order valence-electron chi connectivity index (χ2n) is 5.42. The van der Waals surface area contributed by atoms with Gasteiger partial charge in [-0.2, -0.15) is 0 Å². The Kier molecular flexibility index (Phi) is 4.96. The molecule has 1 N–H and O–H groups in total. The third kappa shape index (κ3) is 4.25. The fraction of sp³-hybridized carbons (Fsp3) is 0.167. The zero-order valence-electron chi connectivity index (χ0n) is 13.0. The maximum atomic E-state index is 12.8. The van der Waals surface area contributed by atoms with Crippen LogP contribution in [0.3, 0.4) is 0 Å². The molecule has 0 saturated heterocycles. The summed E-state index contributed by atoms with van der Waals surface area (Å²) in [5.41, 5.74) is 2.33. The van der Waals surface area contributed by atoms with E-state index in [0.29, 0.717) is 19.5 Å². The van der Waals surface area contributed by atoms with Gasteiger partial charge < -0.3 is 5.32 Å². The molecule has 0 aliphatic rings. The molecule has 3 rings (SSSR count). The standard InChI is InChI=1S/C18H17FN4O/c19-16-8-6-14(7-9-16)10-11-20-18(24)17-13-23(22-21-17)12-15-4-2-1-3-5-15/h1-9,13H,10-12H2,(H,20,24). The summed E-state index contributed by atoms with van der Waals surface area (Å²) in [6.07, 6.45) is 2.25. The Balaban J connectivity index is 1.51. The molecular weight excluding hydrogens is 307 g/mol. The predicted molar refractivity (Wildman–Crippen MR) is 88.0 cm³/mol. The number of carbonyl (C=O) groups is 1. The Morgan fingerprint density at radius 2 is 1.79 bits per heavy atom. The molecule has 2 aromatic carbocycles. The summed E-state index contributed by atoms with van der Waals surface area (Å²) in [5.74, 6) is -0.533. The summed E-state index contributed by atoms with van der Waals surface area (Å²) in [7, 11) is 0. The summed E-state index contributed by atoms with van der Waals surface area (Å²) >= 11 is 0. The lowest BCUT2D eigenvalue weighted by Gasteiger charge is -2.03. The third-order valence-corrected chi connectivity index (χ3v) is 3.57. The van der Waals surface area contributed by atoms with Crippen LogP contribution in [0.5, 0.6) is 0 Å². The topological polar surface area (TPSA) is 59.8 Å². The Bertz CT molecular complexity index is 799. The van der Waals surface area contributed by atoms with Crippen LogP contribution in [0.15, 0.2) is 60.8 Å². The lowest BCUT2D eigenvalue weighted by molar-refractivity contribution is 0.0949. The molecule has 1 heterocycles. The van der Waals surface area contributed by atoms with Crippen molar-refractivity contribution in [2.45, 2.75) is 13.0 Å². The van der Waals surface area contributed by atoms with E-state index in [1.165, 1.54) is 12.1 Å². The van der Waals surface area contributed by atoms with Gasteiger partial charge in [-0.1, -0.05) is 47.7 Å². The Labute approximate surface area is 139 Å². The minimum atomic E-state index is -0.267. The second-order valence-corrected chi connectivity index (χ2v) is 5.42. The first kappa shape index (κ1) is 15.9. The van der Waals surface area contributed by atoms with Gasteiger partial charge >= 0.3 is 0 Å². The Morgan fingerprint density at radius 1 is 1.04 bits per heavy atom. The second kappa shape index (κ2) is 7.50. The zero-order chi connectivity index (χ0) is 16.8. The van der Waals surface area contributed by atoms with Crippen molar-refractivity contribution >= 4 is 5.91 Å². The van der Waals surface area contributed by atoms with Crippen LogP contribution in [0.4, 0.5) is 4.39 Å². The zero-order valence-corrected chi connectivity index (χ0v) is 13.0. The highest BCUT2D eigenvalue weighted by atomic mass is 19.1. The van der Waals surface area contributed by atoms with Gasteiger partial charge in [0.15, 0.2) is 5.69 Å². The van der Waals surface area contributed by atoms with E-state index in [2.05, 4.69) is 15.6 Å². The van der Waals surface area contributed by atoms with E-state index in [4.69, 9.17) is 0 Å². The molecule has 0 saturated carbocycles. The molecule has 0 radical (unpaired) electrons. The monoisotopic (exact) mass is 324 g/mol. The van der Waals surface area contributed by atoms with E-state index in [1.54, 1.807) is 23.0 Å². The van der Waals surface area contributed by atoms with Crippen LogP contribution in [0.1, 0.15) is 21.6 Å². The quantitative estimate of drug-likeness (QED) is 0.757. The maximum Gasteiger partial charge on any atom is 0.273 e. The number of nitrogens with one attached hydrogen (secondary N) is 1. The van der Waals surface area contributed by atoms with E-state index in [0.717, 1.165) is 11.1 Å². The average Bonchev–Trinajstić information content (AvgIpc) is 3.06. The van der Waals surface area contributed by atoms with Crippen LogP contribution in [-0.4, -0.2) is 27.4 Å². The molecule has 0 fully saturated rings. The first-order valence-corrected chi connectivity index (χ1v) is 7.67. The predicted octanol–water partition coefficient (Wildman–Crippen LogP) is 2.44. The first-order chi connectivity index (χ1) is 11.7. The van der Waals surface area contributed by atoms with Gasteiger partial charge in [0.2, 0.25) is 0 Å². The maximum absolute atomic E-state index is 12.8. The average molecular weight is 324 g/mol. The van der Waals surface area contributed by atoms with Crippen molar-refractivity contribution in [1.82, 2.24) is 20.3 Å². The molecule has 0 aliphatic heterocycles. The van der Waals surface area contributed by atoms with Crippen molar-refractivity contribution in [2.24, 2.45) is 0 Å². The number of hydrogen-bond donors (Lipinski definition) is 1. The van der Waals surface area contributed by atoms with E-state index in [1.807, 2.05) is 30.3 Å². The highest BCUT2D eigenvalue weighted by Gasteiger charge is 2.10. The van der Waals surface area contributed by atoms with Crippen molar-refractivity contribution < 1.29 is 9.18 Å². The molecule has 3 aromatic rings. The molecule has 0 aliphatic carbocycles. The molecule has 6 heteroatoms. The van der Waals surface area contributed by atoms with Gasteiger partial charge in [0, 0.05) is 6.54 Å².